The van der Waals surface area contributed by atoms with Crippen molar-refractivity contribution in [1.82, 2.24) is 10.3 Å². The van der Waals surface area contributed by atoms with Gasteiger partial charge in [0.25, 0.3) is 0 Å². The Morgan fingerprint density at radius 3 is 3.09 bits per heavy atom. The van der Waals surface area contributed by atoms with Gasteiger partial charge in [-0.2, -0.15) is 0 Å². The predicted octanol–water partition coefficient (Wildman–Crippen LogP) is -0.976. The summed E-state index contributed by atoms with van der Waals surface area (Å²) in [5, 5.41) is 15.1. The van der Waals surface area contributed by atoms with Crippen molar-refractivity contribution in [1.29, 1.82) is 0 Å². The van der Waals surface area contributed by atoms with Crippen LogP contribution in [0.2, 0.25) is 0 Å². The summed E-state index contributed by atoms with van der Waals surface area (Å²) < 4.78 is 4.25. The van der Waals surface area contributed by atoms with Crippen LogP contribution in [-0.2, 0) is 11.2 Å². The Kier molecular flexibility index (Phi) is 2.17. The van der Waals surface area contributed by atoms with Gasteiger partial charge in [0.15, 0.2) is 0 Å². The van der Waals surface area contributed by atoms with Crippen molar-refractivity contribution < 1.29 is 14.5 Å². The molecule has 60 valence electrons. The molecule has 0 saturated carbocycles. The monoisotopic (exact) mass is 157 g/mol. The van der Waals surface area contributed by atoms with E-state index >= 15 is 0 Å². The van der Waals surface area contributed by atoms with Crippen LogP contribution in [0.5, 0.6) is 0 Å². The molecule has 1 heterocycles. The standard InChI is InChI=1S/C5H7N3O3/c6-4(5(9)10)1-3-2-7-11-8-3/h2,4H,1,6H2,(H,9,10). The fraction of sp³-hybridized carbons (Fsp3) is 0.400. The summed E-state index contributed by atoms with van der Waals surface area (Å²) in [7, 11) is 0. The van der Waals surface area contributed by atoms with Crippen molar-refractivity contribution in [2.24, 2.45) is 5.73 Å². The third-order valence-corrected chi connectivity index (χ3v) is 1.15. The maximum atomic E-state index is 10.2. The number of nitrogens with zero attached hydrogens (tertiary/aromatic N) is 2. The molecule has 3 N–H and O–H groups in total. The van der Waals surface area contributed by atoms with E-state index in [-0.39, 0.29) is 6.42 Å². The zero-order valence-corrected chi connectivity index (χ0v) is 5.60. The highest BCUT2D eigenvalue weighted by molar-refractivity contribution is 5.73. The zero-order valence-electron chi connectivity index (χ0n) is 5.60. The molecule has 1 aromatic rings. The van der Waals surface area contributed by atoms with Crippen LogP contribution in [0, 0.1) is 0 Å². The molecule has 0 aliphatic rings. The summed E-state index contributed by atoms with van der Waals surface area (Å²) in [6.45, 7) is 0. The van der Waals surface area contributed by atoms with Crippen molar-refractivity contribution in [2.45, 2.75) is 12.5 Å². The summed E-state index contributed by atoms with van der Waals surface area (Å²) in [6.07, 6.45) is 1.47. The molecule has 1 unspecified atom stereocenters. The van der Waals surface area contributed by atoms with Crippen molar-refractivity contribution in [2.75, 3.05) is 0 Å². The average molecular weight is 157 g/mol. The molecule has 1 aromatic heterocycles. The third kappa shape index (κ3) is 2.01. The quantitative estimate of drug-likeness (QED) is 0.584. The van der Waals surface area contributed by atoms with Gasteiger partial charge in [0.05, 0.1) is 6.20 Å². The molecule has 0 radical (unpaired) electrons. The van der Waals surface area contributed by atoms with E-state index in [1.54, 1.807) is 0 Å². The number of carboxylic acids is 1. The minimum Gasteiger partial charge on any atom is -0.480 e. The minimum absolute atomic E-state index is 0.138. The first-order valence-electron chi connectivity index (χ1n) is 2.95. The molecule has 0 aromatic carbocycles. The summed E-state index contributed by atoms with van der Waals surface area (Å²) in [6, 6.07) is -0.943. The maximum Gasteiger partial charge on any atom is 0.320 e. The molecular weight excluding hydrogens is 150 g/mol. The van der Waals surface area contributed by atoms with Gasteiger partial charge >= 0.3 is 5.97 Å². The number of hydrogen-bond donors (Lipinski definition) is 2. The lowest BCUT2D eigenvalue weighted by molar-refractivity contribution is -0.138. The highest BCUT2D eigenvalue weighted by Crippen LogP contribution is 1.95. The number of carboxylic acid groups (broad SMARTS) is 1. The maximum absolute atomic E-state index is 10.2. The molecule has 0 bridgehead atoms. The van der Waals surface area contributed by atoms with Gasteiger partial charge in [0, 0.05) is 6.42 Å². The van der Waals surface area contributed by atoms with E-state index in [0.717, 1.165) is 0 Å². The van der Waals surface area contributed by atoms with Crippen LogP contribution in [0.15, 0.2) is 10.8 Å². The van der Waals surface area contributed by atoms with Gasteiger partial charge in [-0.3, -0.25) is 4.79 Å². The van der Waals surface area contributed by atoms with Crippen LogP contribution in [0.25, 0.3) is 0 Å². The van der Waals surface area contributed by atoms with Crippen molar-refractivity contribution in [3.8, 4) is 0 Å². The van der Waals surface area contributed by atoms with E-state index in [1.165, 1.54) is 6.20 Å². The average Bonchev–Trinajstić information content (AvgIpc) is 2.39. The van der Waals surface area contributed by atoms with Gasteiger partial charge in [-0.1, -0.05) is 10.3 Å². The fourth-order valence-electron chi connectivity index (χ4n) is 0.587. The van der Waals surface area contributed by atoms with Gasteiger partial charge < -0.3 is 10.8 Å². The third-order valence-electron chi connectivity index (χ3n) is 1.15. The fourth-order valence-corrected chi connectivity index (χ4v) is 0.587. The molecule has 6 nitrogen and oxygen atoms in total. The van der Waals surface area contributed by atoms with Crippen LogP contribution < -0.4 is 5.73 Å². The molecule has 0 spiro atoms. The lowest BCUT2D eigenvalue weighted by Gasteiger charge is -2.00. The number of hydrogen-bond acceptors (Lipinski definition) is 5. The van der Waals surface area contributed by atoms with E-state index < -0.39 is 12.0 Å². The summed E-state index contributed by atoms with van der Waals surface area (Å²) in [5.41, 5.74) is 5.64. The normalized spacial score (nSPS) is 12.8. The number of rotatable bonds is 3. The van der Waals surface area contributed by atoms with Crippen LogP contribution in [-0.4, -0.2) is 27.4 Å². The molecule has 0 aliphatic carbocycles. The SMILES string of the molecule is NC(Cc1cnon1)C(=O)O. The molecule has 0 fully saturated rings. The van der Waals surface area contributed by atoms with Crippen molar-refractivity contribution >= 4 is 5.97 Å². The van der Waals surface area contributed by atoms with Gasteiger partial charge in [0.1, 0.15) is 11.7 Å². The number of carbonyl (C=O) groups is 1. The molecule has 1 atom stereocenters. The first-order chi connectivity index (χ1) is 5.20. The smallest absolute Gasteiger partial charge is 0.320 e. The molecule has 11 heavy (non-hydrogen) atoms. The Hall–Kier alpha value is -1.43. The van der Waals surface area contributed by atoms with Gasteiger partial charge in [-0.05, 0) is 0 Å². The Morgan fingerprint density at radius 2 is 2.64 bits per heavy atom. The number of nitrogens with two attached hydrogens (primary N) is 1. The van der Waals surface area contributed by atoms with E-state index in [9.17, 15) is 4.79 Å². The molecular formula is C5H7N3O3. The van der Waals surface area contributed by atoms with Crippen LogP contribution >= 0.6 is 0 Å². The summed E-state index contributed by atoms with van der Waals surface area (Å²) in [4.78, 5) is 10.2. The Morgan fingerprint density at radius 1 is 1.91 bits per heavy atom. The highest BCUT2D eigenvalue weighted by atomic mass is 16.6. The molecule has 0 amide bonds. The number of aromatic nitrogens is 2. The Labute approximate surface area is 62.0 Å². The second-order valence-corrected chi connectivity index (χ2v) is 2.05. The molecule has 1 rings (SSSR count). The van der Waals surface area contributed by atoms with Gasteiger partial charge in [-0.25, -0.2) is 4.63 Å². The lowest BCUT2D eigenvalue weighted by atomic mass is 10.2. The van der Waals surface area contributed by atoms with Crippen LogP contribution in [0.1, 0.15) is 5.69 Å². The topological polar surface area (TPSA) is 102 Å². The van der Waals surface area contributed by atoms with Crippen molar-refractivity contribution in [3.05, 3.63) is 11.9 Å². The van der Waals surface area contributed by atoms with Crippen LogP contribution in [0.4, 0.5) is 0 Å². The van der Waals surface area contributed by atoms with E-state index in [1.807, 2.05) is 0 Å². The first kappa shape index (κ1) is 7.67. The van der Waals surface area contributed by atoms with E-state index in [2.05, 4.69) is 14.9 Å². The van der Waals surface area contributed by atoms with E-state index in [4.69, 9.17) is 10.8 Å². The first-order valence-corrected chi connectivity index (χ1v) is 2.95. The lowest BCUT2D eigenvalue weighted by Crippen LogP contribution is -2.32. The number of aliphatic carboxylic acids is 1. The van der Waals surface area contributed by atoms with Gasteiger partial charge in [-0.15, -0.1) is 0 Å². The Bertz CT molecular complexity index is 233. The molecule has 0 aliphatic heterocycles. The van der Waals surface area contributed by atoms with Gasteiger partial charge in [0.2, 0.25) is 0 Å². The minimum atomic E-state index is -1.06. The second kappa shape index (κ2) is 3.11. The highest BCUT2D eigenvalue weighted by Gasteiger charge is 2.13. The second-order valence-electron chi connectivity index (χ2n) is 2.05. The summed E-state index contributed by atoms with van der Waals surface area (Å²) in [5.74, 6) is -1.06. The van der Waals surface area contributed by atoms with Crippen LogP contribution in [0.3, 0.4) is 0 Å². The summed E-state index contributed by atoms with van der Waals surface area (Å²) >= 11 is 0. The van der Waals surface area contributed by atoms with E-state index in [0.29, 0.717) is 5.69 Å². The Balaban J connectivity index is 2.50. The van der Waals surface area contributed by atoms with Crippen molar-refractivity contribution in [3.63, 3.8) is 0 Å². The largest absolute Gasteiger partial charge is 0.480 e. The molecule has 0 saturated heterocycles. The predicted molar refractivity (Wildman–Crippen MR) is 33.6 cm³/mol. The molecule has 6 heteroatoms. The zero-order chi connectivity index (χ0) is 8.27.